The van der Waals surface area contributed by atoms with Crippen molar-refractivity contribution in [2.75, 3.05) is 38.0 Å². The maximum atomic E-state index is 13.6. The fourth-order valence-electron chi connectivity index (χ4n) is 2.10. The largest absolute Gasteiger partial charge is 0.366 e. The van der Waals surface area contributed by atoms with E-state index in [1.54, 1.807) is 0 Å². The Morgan fingerprint density at radius 3 is 2.52 bits per heavy atom. The molecule has 1 aliphatic heterocycles. The van der Waals surface area contributed by atoms with Gasteiger partial charge in [0.05, 0.1) is 17.8 Å². The summed E-state index contributed by atoms with van der Waals surface area (Å²) in [7, 11) is 0. The zero-order valence-corrected chi connectivity index (χ0v) is 11.3. The Bertz CT molecular complexity index is 559. The lowest BCUT2D eigenvalue weighted by Gasteiger charge is -2.26. The van der Waals surface area contributed by atoms with Crippen molar-refractivity contribution in [1.29, 1.82) is 0 Å². The van der Waals surface area contributed by atoms with Crippen LogP contribution in [0.5, 0.6) is 0 Å². The van der Waals surface area contributed by atoms with Crippen LogP contribution in [0.3, 0.4) is 0 Å². The zero-order valence-electron chi connectivity index (χ0n) is 11.3. The molecule has 8 heteroatoms. The van der Waals surface area contributed by atoms with E-state index in [2.05, 4.69) is 10.6 Å². The minimum atomic E-state index is -1.06. The fraction of sp³-hybridized carbons (Fsp3) is 0.385. The summed E-state index contributed by atoms with van der Waals surface area (Å²) in [5.41, 5.74) is 4.26. The molecule has 0 unspecified atom stereocenters. The van der Waals surface area contributed by atoms with Gasteiger partial charge in [-0.2, -0.15) is 0 Å². The van der Waals surface area contributed by atoms with E-state index < -0.39 is 29.0 Å². The molecule has 0 saturated carbocycles. The fourth-order valence-corrected chi connectivity index (χ4v) is 2.10. The highest BCUT2D eigenvalue weighted by molar-refractivity contribution is 5.97. The molecule has 1 aromatic rings. The summed E-state index contributed by atoms with van der Waals surface area (Å²) in [6.07, 6.45) is 0. The molecule has 4 N–H and O–H groups in total. The van der Waals surface area contributed by atoms with Crippen molar-refractivity contribution in [1.82, 2.24) is 10.2 Å². The third kappa shape index (κ3) is 3.96. The second-order valence-corrected chi connectivity index (χ2v) is 4.75. The number of carbonyl (C=O) groups is 2. The number of halogens is 2. The van der Waals surface area contributed by atoms with Gasteiger partial charge in [0.25, 0.3) is 5.91 Å². The Morgan fingerprint density at radius 2 is 1.90 bits per heavy atom. The maximum Gasteiger partial charge on any atom is 0.251 e. The second-order valence-electron chi connectivity index (χ2n) is 4.75. The standard InChI is InChI=1S/C13H16F2N4O2/c14-9-6-10(15)11(5-8(9)13(16)21)18-12(20)7-19-3-1-17-2-4-19/h5-6,17H,1-4,7H2,(H2,16,21)(H,18,20). The van der Waals surface area contributed by atoms with Crippen molar-refractivity contribution in [3.8, 4) is 0 Å². The van der Waals surface area contributed by atoms with Crippen molar-refractivity contribution in [3.63, 3.8) is 0 Å². The third-order valence-corrected chi connectivity index (χ3v) is 3.17. The Morgan fingerprint density at radius 1 is 1.24 bits per heavy atom. The predicted octanol–water partition coefficient (Wildman–Crippen LogP) is -0.0926. The van der Waals surface area contributed by atoms with Crippen LogP contribution in [0.1, 0.15) is 10.4 Å². The normalized spacial score (nSPS) is 15.7. The van der Waals surface area contributed by atoms with E-state index in [9.17, 15) is 18.4 Å². The molecule has 2 rings (SSSR count). The number of nitrogens with one attached hydrogen (secondary N) is 2. The van der Waals surface area contributed by atoms with Crippen LogP contribution < -0.4 is 16.4 Å². The average Bonchev–Trinajstić information content (AvgIpc) is 2.42. The number of carbonyl (C=O) groups excluding carboxylic acids is 2. The van der Waals surface area contributed by atoms with Crippen LogP contribution >= 0.6 is 0 Å². The summed E-state index contributed by atoms with van der Waals surface area (Å²) < 4.78 is 26.9. The second kappa shape index (κ2) is 6.59. The first-order valence-corrected chi connectivity index (χ1v) is 6.49. The Labute approximate surface area is 120 Å². The predicted molar refractivity (Wildman–Crippen MR) is 72.8 cm³/mol. The molecule has 1 saturated heterocycles. The van der Waals surface area contributed by atoms with Crippen LogP contribution in [-0.4, -0.2) is 49.4 Å². The third-order valence-electron chi connectivity index (χ3n) is 3.17. The molecule has 0 bridgehead atoms. The number of amides is 2. The Balaban J connectivity index is 2.06. The van der Waals surface area contributed by atoms with Gasteiger partial charge < -0.3 is 16.4 Å². The van der Waals surface area contributed by atoms with Crippen molar-refractivity contribution in [3.05, 3.63) is 29.3 Å². The van der Waals surface area contributed by atoms with Gasteiger partial charge in [0.1, 0.15) is 11.6 Å². The first kappa shape index (κ1) is 15.3. The van der Waals surface area contributed by atoms with Crippen LogP contribution in [0.4, 0.5) is 14.5 Å². The number of nitrogens with zero attached hydrogens (tertiary/aromatic N) is 1. The number of hydrogen-bond donors (Lipinski definition) is 3. The van der Waals surface area contributed by atoms with E-state index in [1.165, 1.54) is 0 Å². The molecule has 1 heterocycles. The quantitative estimate of drug-likeness (QED) is 0.725. The first-order valence-electron chi connectivity index (χ1n) is 6.49. The summed E-state index contributed by atoms with van der Waals surface area (Å²) in [6, 6.07) is 1.43. The highest BCUT2D eigenvalue weighted by Gasteiger charge is 2.17. The van der Waals surface area contributed by atoms with Gasteiger partial charge in [-0.25, -0.2) is 8.78 Å². The van der Waals surface area contributed by atoms with E-state index in [-0.39, 0.29) is 12.2 Å². The molecule has 0 aliphatic carbocycles. The van der Waals surface area contributed by atoms with Gasteiger partial charge in [0, 0.05) is 32.2 Å². The number of anilines is 1. The topological polar surface area (TPSA) is 87.5 Å². The molecule has 0 aromatic heterocycles. The minimum Gasteiger partial charge on any atom is -0.366 e. The summed E-state index contributed by atoms with van der Waals surface area (Å²) in [4.78, 5) is 24.8. The molecule has 0 radical (unpaired) electrons. The molecule has 21 heavy (non-hydrogen) atoms. The number of benzene rings is 1. The highest BCUT2D eigenvalue weighted by Crippen LogP contribution is 2.19. The lowest BCUT2D eigenvalue weighted by atomic mass is 10.1. The summed E-state index contributed by atoms with van der Waals surface area (Å²) in [5, 5.41) is 5.48. The molecule has 2 amide bonds. The zero-order chi connectivity index (χ0) is 15.4. The van der Waals surface area contributed by atoms with Gasteiger partial charge in [0.15, 0.2) is 0 Å². The number of rotatable bonds is 4. The van der Waals surface area contributed by atoms with Crippen molar-refractivity contribution >= 4 is 17.5 Å². The van der Waals surface area contributed by atoms with Gasteiger partial charge in [-0.05, 0) is 6.07 Å². The molecule has 1 aromatic carbocycles. The SMILES string of the molecule is NC(=O)c1cc(NC(=O)CN2CCNCC2)c(F)cc1F. The van der Waals surface area contributed by atoms with Crippen molar-refractivity contribution in [2.24, 2.45) is 5.73 Å². The molecule has 1 aliphatic rings. The Kier molecular flexibility index (Phi) is 4.81. The van der Waals surface area contributed by atoms with E-state index in [0.29, 0.717) is 19.2 Å². The van der Waals surface area contributed by atoms with Crippen LogP contribution in [0, 0.1) is 11.6 Å². The van der Waals surface area contributed by atoms with Crippen molar-refractivity contribution < 1.29 is 18.4 Å². The van der Waals surface area contributed by atoms with Gasteiger partial charge >= 0.3 is 0 Å². The smallest absolute Gasteiger partial charge is 0.251 e. The first-order chi connectivity index (χ1) is 9.97. The van der Waals surface area contributed by atoms with Crippen LogP contribution in [-0.2, 0) is 4.79 Å². The van der Waals surface area contributed by atoms with Crippen LogP contribution in [0.15, 0.2) is 12.1 Å². The van der Waals surface area contributed by atoms with Crippen molar-refractivity contribution in [2.45, 2.75) is 0 Å². The minimum absolute atomic E-state index is 0.102. The van der Waals surface area contributed by atoms with Gasteiger partial charge in [-0.15, -0.1) is 0 Å². The molecule has 0 spiro atoms. The molecule has 114 valence electrons. The summed E-state index contributed by atoms with van der Waals surface area (Å²) in [6.45, 7) is 3.09. The number of nitrogens with two attached hydrogens (primary N) is 1. The van der Waals surface area contributed by atoms with E-state index in [4.69, 9.17) is 5.73 Å². The average molecular weight is 298 g/mol. The van der Waals surface area contributed by atoms with E-state index in [0.717, 1.165) is 19.2 Å². The summed E-state index contributed by atoms with van der Waals surface area (Å²) in [5.74, 6) is -3.46. The highest BCUT2D eigenvalue weighted by atomic mass is 19.1. The molecule has 6 nitrogen and oxygen atoms in total. The maximum absolute atomic E-state index is 13.6. The van der Waals surface area contributed by atoms with E-state index in [1.807, 2.05) is 4.90 Å². The molecule has 1 fully saturated rings. The molecular formula is C13H16F2N4O2. The lowest BCUT2D eigenvalue weighted by molar-refractivity contribution is -0.117. The monoisotopic (exact) mass is 298 g/mol. The number of hydrogen-bond acceptors (Lipinski definition) is 4. The van der Waals surface area contributed by atoms with Gasteiger partial charge in [0.2, 0.25) is 5.91 Å². The van der Waals surface area contributed by atoms with Crippen LogP contribution in [0.25, 0.3) is 0 Å². The number of primary amides is 1. The number of piperazine rings is 1. The Hall–Kier alpha value is -2.06. The summed E-state index contributed by atoms with van der Waals surface area (Å²) >= 11 is 0. The lowest BCUT2D eigenvalue weighted by Crippen LogP contribution is -2.46. The van der Waals surface area contributed by atoms with E-state index >= 15 is 0 Å². The van der Waals surface area contributed by atoms with Gasteiger partial charge in [-0.1, -0.05) is 0 Å². The molecule has 0 atom stereocenters. The molecular weight excluding hydrogens is 282 g/mol. The van der Waals surface area contributed by atoms with Gasteiger partial charge in [-0.3, -0.25) is 14.5 Å². The van der Waals surface area contributed by atoms with Crippen LogP contribution in [0.2, 0.25) is 0 Å².